The molecule has 0 spiro atoms. The van der Waals surface area contributed by atoms with Gasteiger partial charge >= 0.3 is 5.97 Å². The molecule has 0 bridgehead atoms. The molecule has 298 valence electrons. The number of hydrogen-bond acceptors (Lipinski definition) is 4. The van der Waals surface area contributed by atoms with Crippen molar-refractivity contribution >= 4 is 17.8 Å². The van der Waals surface area contributed by atoms with E-state index in [4.69, 9.17) is 5.11 Å². The second-order valence-corrected chi connectivity index (χ2v) is 19.7. The third-order valence-corrected chi connectivity index (χ3v) is 17.1. The van der Waals surface area contributed by atoms with Gasteiger partial charge in [0, 0.05) is 13.1 Å². The van der Waals surface area contributed by atoms with Gasteiger partial charge in [-0.05, 0) is 164 Å². The Kier molecular flexibility index (Phi) is 10.2. The van der Waals surface area contributed by atoms with E-state index in [1.807, 2.05) is 0 Å². The van der Waals surface area contributed by atoms with Crippen molar-refractivity contribution in [2.45, 2.75) is 125 Å². The first-order valence-electron chi connectivity index (χ1n) is 20.9. The quantitative estimate of drug-likeness (QED) is 0.191. The molecule has 7 nitrogen and oxygen atoms in total. The highest BCUT2D eigenvalue weighted by Gasteiger charge is 2.71. The van der Waals surface area contributed by atoms with Crippen LogP contribution in [0.1, 0.15) is 138 Å². The Hall–Kier alpha value is -3.52. The monoisotopic (exact) mass is 754 g/mol. The van der Waals surface area contributed by atoms with E-state index < -0.39 is 23.1 Å². The Morgan fingerprint density at radius 1 is 0.818 bits per heavy atom. The lowest BCUT2D eigenvalue weighted by Gasteiger charge is -2.72. The number of amides is 2. The summed E-state index contributed by atoms with van der Waals surface area (Å²) in [6, 6.07) is 10.9. The predicted molar refractivity (Wildman–Crippen MR) is 213 cm³/mol. The largest absolute Gasteiger partial charge is 0.478 e. The second kappa shape index (κ2) is 14.1. The van der Waals surface area contributed by atoms with Gasteiger partial charge in [0.05, 0.1) is 22.6 Å². The summed E-state index contributed by atoms with van der Waals surface area (Å²) in [5.41, 5.74) is 2.71. The van der Waals surface area contributed by atoms with E-state index in [9.17, 15) is 23.9 Å². The van der Waals surface area contributed by atoms with Gasteiger partial charge in [-0.3, -0.25) is 9.59 Å². The maximum Gasteiger partial charge on any atom is 0.335 e. The highest BCUT2D eigenvalue weighted by Crippen LogP contribution is 2.77. The van der Waals surface area contributed by atoms with Crippen LogP contribution in [0.3, 0.4) is 0 Å². The summed E-state index contributed by atoms with van der Waals surface area (Å²) in [6.45, 7) is 19.5. The minimum Gasteiger partial charge on any atom is -0.478 e. The Bertz CT molecular complexity index is 1860. The van der Waals surface area contributed by atoms with Crippen LogP contribution in [0.4, 0.5) is 4.39 Å². The number of aliphatic hydroxyl groups is 1. The fourth-order valence-electron chi connectivity index (χ4n) is 14.0. The molecule has 0 aliphatic heterocycles. The molecule has 8 heteroatoms. The zero-order chi connectivity index (χ0) is 39.7. The summed E-state index contributed by atoms with van der Waals surface area (Å²) in [5, 5.41) is 26.3. The summed E-state index contributed by atoms with van der Waals surface area (Å²) in [7, 11) is 0. The minimum absolute atomic E-state index is 0.0649. The van der Waals surface area contributed by atoms with Gasteiger partial charge < -0.3 is 20.8 Å². The van der Waals surface area contributed by atoms with E-state index in [1.165, 1.54) is 42.7 Å². The van der Waals surface area contributed by atoms with Crippen LogP contribution >= 0.6 is 0 Å². The second-order valence-electron chi connectivity index (χ2n) is 19.7. The third-order valence-electron chi connectivity index (χ3n) is 17.1. The molecule has 2 aromatic rings. The van der Waals surface area contributed by atoms with Gasteiger partial charge in [0.2, 0.25) is 5.91 Å². The molecular weight excluding hydrogens is 692 g/mol. The van der Waals surface area contributed by atoms with E-state index in [-0.39, 0.29) is 63.8 Å². The van der Waals surface area contributed by atoms with Gasteiger partial charge in [-0.15, -0.1) is 0 Å². The van der Waals surface area contributed by atoms with Crippen molar-refractivity contribution in [2.24, 2.45) is 56.7 Å². The first kappa shape index (κ1) is 39.7. The highest BCUT2D eigenvalue weighted by molar-refractivity contribution is 5.94. The lowest BCUT2D eigenvalue weighted by atomic mass is 9.32. The number of carbonyl (C=O) groups is 3. The topological polar surface area (TPSA) is 116 Å². The van der Waals surface area contributed by atoms with Crippen LogP contribution in [0.15, 0.2) is 54.6 Å². The number of benzene rings is 2. The fraction of sp³-hybridized carbons (Fsp3) is 0.638. The molecule has 5 saturated carbocycles. The standard InChI is InChI=1S/C47H63FN2O5/c1-28(2)32-16-22-47(42(55)50-27-30-10-14-35(48)33(26-30)40(52)49-25-19-29-8-11-31(12-9-29)41(53)54)24-23-45(6)34(39(32)47)13-15-37-44(5)20-18-38(51)43(3,4)36(44)17-21-46(37,45)7/h8-12,14,26,32,34,36-39,51H,1,13,15-25,27H2,2-7H3,(H,49,52)(H,50,55)(H,53,54)/t32-,34?,36?,37?,38-,39?,44-,45+,46+,47-/m0/s1. The molecule has 10 atom stereocenters. The molecule has 2 aromatic carbocycles. The molecule has 0 saturated heterocycles. The van der Waals surface area contributed by atoms with Gasteiger partial charge in [0.15, 0.2) is 0 Å². The van der Waals surface area contributed by atoms with E-state index in [0.29, 0.717) is 35.7 Å². The van der Waals surface area contributed by atoms with Crippen LogP contribution in [0.25, 0.3) is 0 Å². The third kappa shape index (κ3) is 6.28. The van der Waals surface area contributed by atoms with Crippen LogP contribution in [0, 0.1) is 62.5 Å². The smallest absolute Gasteiger partial charge is 0.335 e. The van der Waals surface area contributed by atoms with E-state index in [2.05, 4.69) is 58.8 Å². The van der Waals surface area contributed by atoms with Crippen LogP contribution < -0.4 is 10.6 Å². The maximum atomic E-state index is 15.0. The highest BCUT2D eigenvalue weighted by atomic mass is 19.1. The van der Waals surface area contributed by atoms with Gasteiger partial charge in [-0.25, -0.2) is 9.18 Å². The molecule has 0 aromatic heterocycles. The molecule has 5 fully saturated rings. The molecule has 7 rings (SSSR count). The van der Waals surface area contributed by atoms with Crippen LogP contribution in [0.5, 0.6) is 0 Å². The number of fused-ring (bicyclic) bond motifs is 7. The number of aliphatic hydroxyl groups excluding tert-OH is 1. The molecule has 4 unspecified atom stereocenters. The Morgan fingerprint density at radius 2 is 1.53 bits per heavy atom. The number of rotatable bonds is 9. The molecular formula is C47H63FN2O5. The summed E-state index contributed by atoms with van der Waals surface area (Å²) in [4.78, 5) is 38.9. The number of hydrogen-bond donors (Lipinski definition) is 4. The summed E-state index contributed by atoms with van der Waals surface area (Å²) in [6.07, 6.45) is 10.5. The van der Waals surface area contributed by atoms with Crippen LogP contribution in [-0.4, -0.2) is 40.6 Å². The molecule has 2 amide bonds. The molecule has 0 heterocycles. The molecule has 55 heavy (non-hydrogen) atoms. The number of carboxylic acids is 1. The average molecular weight is 755 g/mol. The van der Waals surface area contributed by atoms with Crippen molar-refractivity contribution in [3.05, 3.63) is 82.7 Å². The first-order valence-corrected chi connectivity index (χ1v) is 20.9. The van der Waals surface area contributed by atoms with Gasteiger partial charge in [-0.2, -0.15) is 0 Å². The fourth-order valence-corrected chi connectivity index (χ4v) is 14.0. The number of carbonyl (C=O) groups excluding carboxylic acids is 2. The number of halogens is 1. The van der Waals surface area contributed by atoms with Crippen molar-refractivity contribution in [3.8, 4) is 0 Å². The van der Waals surface area contributed by atoms with Crippen LogP contribution in [0.2, 0.25) is 0 Å². The van der Waals surface area contributed by atoms with E-state index in [0.717, 1.165) is 56.9 Å². The van der Waals surface area contributed by atoms with E-state index >= 15 is 0 Å². The number of aromatic carboxylic acids is 1. The molecule has 4 N–H and O–H groups in total. The Labute approximate surface area is 327 Å². The van der Waals surface area contributed by atoms with Crippen molar-refractivity contribution < 1.29 is 29.0 Å². The van der Waals surface area contributed by atoms with E-state index in [1.54, 1.807) is 18.2 Å². The summed E-state index contributed by atoms with van der Waals surface area (Å²) >= 11 is 0. The lowest BCUT2D eigenvalue weighted by Crippen LogP contribution is -2.67. The zero-order valence-electron chi connectivity index (χ0n) is 33.9. The predicted octanol–water partition coefficient (Wildman–Crippen LogP) is 9.13. The minimum atomic E-state index is -0.998. The molecule has 5 aliphatic rings. The van der Waals surface area contributed by atoms with Gasteiger partial charge in [-0.1, -0.05) is 65.0 Å². The van der Waals surface area contributed by atoms with Crippen molar-refractivity contribution in [2.75, 3.05) is 6.54 Å². The molecule has 5 aliphatic carbocycles. The summed E-state index contributed by atoms with van der Waals surface area (Å²) < 4.78 is 15.0. The Balaban J connectivity index is 1.06. The van der Waals surface area contributed by atoms with Crippen molar-refractivity contribution in [1.82, 2.24) is 10.6 Å². The van der Waals surface area contributed by atoms with Crippen molar-refractivity contribution in [1.29, 1.82) is 0 Å². The lowest BCUT2D eigenvalue weighted by molar-refractivity contribution is -0.246. The van der Waals surface area contributed by atoms with Gasteiger partial charge in [0.25, 0.3) is 5.91 Å². The maximum absolute atomic E-state index is 15.0. The number of nitrogens with one attached hydrogen (secondary N) is 2. The average Bonchev–Trinajstić information content (AvgIpc) is 3.55. The molecule has 0 radical (unpaired) electrons. The first-order chi connectivity index (χ1) is 25.9. The zero-order valence-corrected chi connectivity index (χ0v) is 33.9. The number of allylic oxidation sites excluding steroid dienone is 1. The van der Waals surface area contributed by atoms with Gasteiger partial charge in [0.1, 0.15) is 5.82 Å². The summed E-state index contributed by atoms with van der Waals surface area (Å²) in [5.74, 6) is -0.0477. The Morgan fingerprint density at radius 3 is 2.22 bits per heavy atom. The van der Waals surface area contributed by atoms with Crippen LogP contribution in [-0.2, 0) is 17.8 Å². The van der Waals surface area contributed by atoms with Crippen molar-refractivity contribution in [3.63, 3.8) is 0 Å². The SMILES string of the molecule is C=C(C)[C@@H]1CC[C@]2(C(=O)NCc3ccc(F)c(C(=O)NCCc4ccc(C(=O)O)cc4)c3)CC[C@]3(C)C(CCC4[C@@]5(C)CC[C@H](O)C(C)(C)C5CC[C@]43C)C12. The number of carboxylic acid groups (broad SMARTS) is 1. The normalized spacial score (nSPS) is 37.4.